The molecule has 0 saturated carbocycles. The standard InChI is InChI=1S/C19H22F4N2O2/c20-15-5-2-1-4-14(15)12-24-10-3-7-18(17(24)27)9-11-25(13-18)16(26)6-8-19(21,22)23/h1-2,4-5H,3,6-13H2. The summed E-state index contributed by atoms with van der Waals surface area (Å²) in [5, 5.41) is 0. The molecule has 1 spiro atoms. The molecule has 1 aromatic rings. The Hall–Kier alpha value is -2.12. The predicted molar refractivity (Wildman–Crippen MR) is 90.0 cm³/mol. The van der Waals surface area contributed by atoms with Crippen LogP contribution in [0.2, 0.25) is 0 Å². The van der Waals surface area contributed by atoms with Gasteiger partial charge in [-0.15, -0.1) is 0 Å². The molecule has 2 aliphatic heterocycles. The molecule has 4 nitrogen and oxygen atoms in total. The number of carbonyl (C=O) groups is 2. The van der Waals surface area contributed by atoms with Crippen LogP contribution in [0.25, 0.3) is 0 Å². The first-order valence-corrected chi connectivity index (χ1v) is 9.07. The normalized spacial score (nSPS) is 23.3. The van der Waals surface area contributed by atoms with Gasteiger partial charge in [0, 0.05) is 38.2 Å². The Morgan fingerprint density at radius 3 is 2.59 bits per heavy atom. The van der Waals surface area contributed by atoms with Gasteiger partial charge in [-0.3, -0.25) is 9.59 Å². The zero-order valence-corrected chi connectivity index (χ0v) is 14.9. The highest BCUT2D eigenvalue weighted by Crippen LogP contribution is 2.41. The van der Waals surface area contributed by atoms with E-state index >= 15 is 0 Å². The molecule has 0 radical (unpaired) electrons. The summed E-state index contributed by atoms with van der Waals surface area (Å²) in [7, 11) is 0. The Morgan fingerprint density at radius 2 is 1.89 bits per heavy atom. The van der Waals surface area contributed by atoms with Crippen molar-refractivity contribution >= 4 is 11.8 Å². The molecule has 0 aromatic heterocycles. The van der Waals surface area contributed by atoms with E-state index in [0.29, 0.717) is 24.9 Å². The Balaban J connectivity index is 1.65. The fourth-order valence-electron chi connectivity index (χ4n) is 4.01. The van der Waals surface area contributed by atoms with E-state index < -0.39 is 30.3 Å². The molecular weight excluding hydrogens is 364 g/mol. The van der Waals surface area contributed by atoms with Gasteiger partial charge in [-0.05, 0) is 25.3 Å². The van der Waals surface area contributed by atoms with Crippen LogP contribution < -0.4 is 0 Å². The quantitative estimate of drug-likeness (QED) is 0.743. The van der Waals surface area contributed by atoms with E-state index in [0.717, 1.165) is 6.42 Å². The summed E-state index contributed by atoms with van der Waals surface area (Å²) in [6.45, 7) is 1.11. The summed E-state index contributed by atoms with van der Waals surface area (Å²) in [5.74, 6) is -1.08. The molecule has 2 fully saturated rings. The van der Waals surface area contributed by atoms with Gasteiger partial charge in [0.2, 0.25) is 11.8 Å². The van der Waals surface area contributed by atoms with Crippen LogP contribution in [-0.4, -0.2) is 47.4 Å². The van der Waals surface area contributed by atoms with Crippen molar-refractivity contribution in [1.29, 1.82) is 0 Å². The van der Waals surface area contributed by atoms with E-state index in [1.54, 1.807) is 23.1 Å². The molecule has 0 aliphatic carbocycles. The third-order valence-corrected chi connectivity index (χ3v) is 5.47. The molecule has 2 heterocycles. The molecule has 27 heavy (non-hydrogen) atoms. The van der Waals surface area contributed by atoms with Crippen LogP contribution in [0.15, 0.2) is 24.3 Å². The Bertz CT molecular complexity index is 722. The first kappa shape index (κ1) is 19.6. The average Bonchev–Trinajstić information content (AvgIpc) is 3.03. The predicted octanol–water partition coefficient (Wildman–Crippen LogP) is 3.51. The maximum absolute atomic E-state index is 13.9. The Morgan fingerprint density at radius 1 is 1.15 bits per heavy atom. The van der Waals surface area contributed by atoms with Gasteiger partial charge in [-0.1, -0.05) is 18.2 Å². The second kappa shape index (κ2) is 7.48. The maximum Gasteiger partial charge on any atom is 0.389 e. The summed E-state index contributed by atoms with van der Waals surface area (Å²) >= 11 is 0. The van der Waals surface area contributed by atoms with Crippen LogP contribution in [-0.2, 0) is 16.1 Å². The highest BCUT2D eigenvalue weighted by molar-refractivity contribution is 5.86. The number of likely N-dealkylation sites (tertiary alicyclic amines) is 2. The van der Waals surface area contributed by atoms with Crippen molar-refractivity contribution in [2.45, 2.75) is 44.8 Å². The lowest BCUT2D eigenvalue weighted by Gasteiger charge is -2.39. The van der Waals surface area contributed by atoms with Crippen molar-refractivity contribution in [1.82, 2.24) is 9.80 Å². The minimum absolute atomic E-state index is 0.136. The second-order valence-corrected chi connectivity index (χ2v) is 7.38. The topological polar surface area (TPSA) is 40.6 Å². The highest BCUT2D eigenvalue weighted by atomic mass is 19.4. The van der Waals surface area contributed by atoms with Crippen molar-refractivity contribution < 1.29 is 27.2 Å². The number of alkyl halides is 3. The van der Waals surface area contributed by atoms with Crippen LogP contribution in [0, 0.1) is 11.2 Å². The van der Waals surface area contributed by atoms with Gasteiger partial charge in [0.05, 0.1) is 11.8 Å². The van der Waals surface area contributed by atoms with Gasteiger partial charge in [0.25, 0.3) is 0 Å². The molecule has 3 rings (SSSR count). The molecule has 148 valence electrons. The molecular formula is C19H22F4N2O2. The van der Waals surface area contributed by atoms with Crippen molar-refractivity contribution in [3.63, 3.8) is 0 Å². The fourth-order valence-corrected chi connectivity index (χ4v) is 4.01. The third-order valence-electron chi connectivity index (χ3n) is 5.47. The van der Waals surface area contributed by atoms with Crippen molar-refractivity contribution in [3.05, 3.63) is 35.6 Å². The number of rotatable bonds is 4. The number of hydrogen-bond donors (Lipinski definition) is 0. The molecule has 2 aliphatic rings. The number of benzene rings is 1. The van der Waals surface area contributed by atoms with E-state index in [4.69, 9.17) is 0 Å². The summed E-state index contributed by atoms with van der Waals surface area (Å²) in [6.07, 6.45) is -4.34. The summed E-state index contributed by atoms with van der Waals surface area (Å²) in [5.41, 5.74) is -0.323. The highest BCUT2D eigenvalue weighted by Gasteiger charge is 2.49. The van der Waals surface area contributed by atoms with E-state index in [1.807, 2.05) is 0 Å². The monoisotopic (exact) mass is 386 g/mol. The molecule has 1 atom stereocenters. The zero-order valence-electron chi connectivity index (χ0n) is 14.9. The van der Waals surface area contributed by atoms with E-state index in [-0.39, 0.29) is 31.4 Å². The lowest BCUT2D eigenvalue weighted by Crippen LogP contribution is -2.50. The van der Waals surface area contributed by atoms with Crippen molar-refractivity contribution in [2.24, 2.45) is 5.41 Å². The number of nitrogens with zero attached hydrogens (tertiary/aromatic N) is 2. The van der Waals surface area contributed by atoms with E-state index in [9.17, 15) is 27.2 Å². The van der Waals surface area contributed by atoms with Crippen LogP contribution in [0.4, 0.5) is 17.6 Å². The van der Waals surface area contributed by atoms with Gasteiger partial charge in [-0.25, -0.2) is 4.39 Å². The molecule has 8 heteroatoms. The van der Waals surface area contributed by atoms with Crippen LogP contribution in [0.1, 0.15) is 37.7 Å². The number of carbonyl (C=O) groups excluding carboxylic acids is 2. The SMILES string of the molecule is O=C(CCC(F)(F)F)N1CCC2(CCCN(Cc3ccccc3F)C2=O)C1. The molecule has 1 unspecified atom stereocenters. The number of halogens is 4. The average molecular weight is 386 g/mol. The molecule has 0 bridgehead atoms. The first-order chi connectivity index (χ1) is 12.7. The lowest BCUT2D eigenvalue weighted by molar-refractivity contribution is -0.151. The Labute approximate surface area is 155 Å². The second-order valence-electron chi connectivity index (χ2n) is 7.38. The largest absolute Gasteiger partial charge is 0.389 e. The third kappa shape index (κ3) is 4.42. The van der Waals surface area contributed by atoms with Crippen LogP contribution in [0.3, 0.4) is 0 Å². The van der Waals surface area contributed by atoms with E-state index in [1.165, 1.54) is 11.0 Å². The maximum atomic E-state index is 13.9. The van der Waals surface area contributed by atoms with Crippen LogP contribution in [0.5, 0.6) is 0 Å². The van der Waals surface area contributed by atoms with E-state index in [2.05, 4.69) is 0 Å². The Kier molecular flexibility index (Phi) is 5.44. The molecule has 2 saturated heterocycles. The van der Waals surface area contributed by atoms with Gasteiger partial charge in [0.15, 0.2) is 0 Å². The summed E-state index contributed by atoms with van der Waals surface area (Å²) in [4.78, 5) is 28.1. The van der Waals surface area contributed by atoms with Gasteiger partial charge < -0.3 is 9.80 Å². The van der Waals surface area contributed by atoms with Gasteiger partial charge in [-0.2, -0.15) is 13.2 Å². The van der Waals surface area contributed by atoms with Gasteiger partial charge in [0.1, 0.15) is 5.82 Å². The lowest BCUT2D eigenvalue weighted by atomic mass is 9.78. The van der Waals surface area contributed by atoms with Crippen molar-refractivity contribution in [2.75, 3.05) is 19.6 Å². The summed E-state index contributed by atoms with van der Waals surface area (Å²) < 4.78 is 50.9. The van der Waals surface area contributed by atoms with Crippen molar-refractivity contribution in [3.8, 4) is 0 Å². The number of amides is 2. The fraction of sp³-hybridized carbons (Fsp3) is 0.579. The first-order valence-electron chi connectivity index (χ1n) is 9.07. The van der Waals surface area contributed by atoms with Gasteiger partial charge >= 0.3 is 6.18 Å². The summed E-state index contributed by atoms with van der Waals surface area (Å²) in [6, 6.07) is 6.26. The zero-order chi connectivity index (χ0) is 19.7. The minimum Gasteiger partial charge on any atom is -0.342 e. The number of piperidine rings is 1. The number of hydrogen-bond acceptors (Lipinski definition) is 2. The molecule has 2 amide bonds. The smallest absolute Gasteiger partial charge is 0.342 e. The molecule has 0 N–H and O–H groups in total. The molecule has 1 aromatic carbocycles. The minimum atomic E-state index is -4.37. The van der Waals surface area contributed by atoms with Crippen LogP contribution >= 0.6 is 0 Å².